The molecule has 2 aliphatic rings. The van der Waals surface area contributed by atoms with Crippen molar-refractivity contribution in [1.82, 2.24) is 15.1 Å². The first kappa shape index (κ1) is 33.5. The average Bonchev–Trinajstić information content (AvgIpc) is 3.77. The number of carbonyl (C=O) groups is 3. The molecule has 1 aromatic carbocycles. The molecule has 0 radical (unpaired) electrons. The molecule has 236 valence electrons. The molecule has 3 rings (SSSR count). The van der Waals surface area contributed by atoms with Crippen LogP contribution in [0.5, 0.6) is 11.5 Å². The highest BCUT2D eigenvalue weighted by molar-refractivity contribution is 5.84. The molecule has 0 bridgehead atoms. The molecule has 1 aromatic rings. The molecule has 3 amide bonds. The van der Waals surface area contributed by atoms with Gasteiger partial charge in [0.2, 0.25) is 11.8 Å². The van der Waals surface area contributed by atoms with Gasteiger partial charge in [0.1, 0.15) is 17.1 Å². The number of hydrogen-bond acceptors (Lipinski definition) is 7. The van der Waals surface area contributed by atoms with Crippen LogP contribution in [0.1, 0.15) is 72.3 Å². The maximum atomic E-state index is 14.1. The molecule has 1 saturated carbocycles. The molecule has 2 atom stereocenters. The van der Waals surface area contributed by atoms with E-state index in [0.717, 1.165) is 31.2 Å². The summed E-state index contributed by atoms with van der Waals surface area (Å²) in [5.74, 6) is 0.628. The van der Waals surface area contributed by atoms with Gasteiger partial charge >= 0.3 is 6.09 Å². The van der Waals surface area contributed by atoms with Crippen LogP contribution in [0.4, 0.5) is 4.79 Å². The third-order valence-corrected chi connectivity index (χ3v) is 7.40. The van der Waals surface area contributed by atoms with E-state index in [-0.39, 0.29) is 30.9 Å². The average molecular weight is 590 g/mol. The summed E-state index contributed by atoms with van der Waals surface area (Å²) >= 11 is 0. The number of carbonyl (C=O) groups excluding carboxylic acids is 3. The van der Waals surface area contributed by atoms with Crippen LogP contribution >= 0.6 is 0 Å². The maximum absolute atomic E-state index is 14.1. The molecular formula is C32H51N3O7. The number of amides is 3. The molecule has 10 nitrogen and oxygen atoms in total. The fourth-order valence-electron chi connectivity index (χ4n) is 5.09. The molecule has 0 unspecified atom stereocenters. The van der Waals surface area contributed by atoms with E-state index in [0.29, 0.717) is 50.1 Å². The predicted molar refractivity (Wildman–Crippen MR) is 160 cm³/mol. The van der Waals surface area contributed by atoms with Gasteiger partial charge in [-0.15, -0.1) is 0 Å². The van der Waals surface area contributed by atoms with Crippen LogP contribution in [0.15, 0.2) is 18.2 Å². The summed E-state index contributed by atoms with van der Waals surface area (Å²) in [6.07, 6.45) is 3.37. The highest BCUT2D eigenvalue weighted by Crippen LogP contribution is 2.34. The van der Waals surface area contributed by atoms with Crippen LogP contribution in [-0.4, -0.2) is 86.4 Å². The zero-order chi connectivity index (χ0) is 30.9. The normalized spacial score (nSPS) is 18.9. The second-order valence-electron chi connectivity index (χ2n) is 12.9. The van der Waals surface area contributed by atoms with Gasteiger partial charge in [0.25, 0.3) is 0 Å². The third-order valence-electron chi connectivity index (χ3n) is 7.40. The highest BCUT2D eigenvalue weighted by atomic mass is 16.6. The third kappa shape index (κ3) is 10.7. The van der Waals surface area contributed by atoms with E-state index in [1.807, 2.05) is 43.9 Å². The first-order chi connectivity index (χ1) is 19.9. The summed E-state index contributed by atoms with van der Waals surface area (Å²) in [5.41, 5.74) is 0.220. The standard InChI is InChI=1S/C32H51N3O7/c1-22(2)11-12-33-29(36)24-17-25(21-34(20-24)31(38)42-32(3,4)5)30(37)35(26-9-10-26)19-23-15-27(40-7)18-28(16-23)41-14-8-13-39-6/h15-16,18,22,24-26H,8-14,17,19-21H2,1-7H3,(H,33,36)/t24-,25-/m0/s1. The Balaban J connectivity index is 1.78. The van der Waals surface area contributed by atoms with Crippen LogP contribution in [-0.2, 0) is 25.6 Å². The van der Waals surface area contributed by atoms with Gasteiger partial charge in [0, 0.05) is 58.4 Å². The summed E-state index contributed by atoms with van der Waals surface area (Å²) in [4.78, 5) is 43.9. The first-order valence-corrected chi connectivity index (χ1v) is 15.3. The van der Waals surface area contributed by atoms with E-state index in [4.69, 9.17) is 18.9 Å². The zero-order valence-corrected chi connectivity index (χ0v) is 26.6. The Bertz CT molecular complexity index is 1050. The minimum absolute atomic E-state index is 0.0453. The fourth-order valence-corrected chi connectivity index (χ4v) is 5.09. The molecule has 0 spiro atoms. The van der Waals surface area contributed by atoms with E-state index in [2.05, 4.69) is 19.2 Å². The Morgan fingerprint density at radius 3 is 2.33 bits per heavy atom. The number of methoxy groups -OCH3 is 2. The summed E-state index contributed by atoms with van der Waals surface area (Å²) in [6, 6.07) is 5.83. The van der Waals surface area contributed by atoms with Gasteiger partial charge < -0.3 is 34.1 Å². The van der Waals surface area contributed by atoms with Crippen molar-refractivity contribution in [2.45, 2.75) is 84.9 Å². The first-order valence-electron chi connectivity index (χ1n) is 15.3. The number of ether oxygens (including phenoxy) is 4. The lowest BCUT2D eigenvalue weighted by Crippen LogP contribution is -2.53. The van der Waals surface area contributed by atoms with Crippen molar-refractivity contribution >= 4 is 17.9 Å². The van der Waals surface area contributed by atoms with Gasteiger partial charge in [0.05, 0.1) is 25.6 Å². The Morgan fingerprint density at radius 1 is 1.02 bits per heavy atom. The van der Waals surface area contributed by atoms with Crippen molar-refractivity contribution < 1.29 is 33.3 Å². The quantitative estimate of drug-likeness (QED) is 0.315. The Labute approximate surface area is 251 Å². The highest BCUT2D eigenvalue weighted by Gasteiger charge is 2.42. The topological polar surface area (TPSA) is 107 Å². The van der Waals surface area contributed by atoms with Crippen molar-refractivity contribution in [3.05, 3.63) is 23.8 Å². The van der Waals surface area contributed by atoms with Gasteiger partial charge in [-0.25, -0.2) is 4.79 Å². The number of likely N-dealkylation sites (tertiary alicyclic amines) is 1. The number of benzene rings is 1. The zero-order valence-electron chi connectivity index (χ0n) is 26.6. The smallest absolute Gasteiger partial charge is 0.410 e. The minimum atomic E-state index is -0.682. The number of nitrogens with one attached hydrogen (secondary N) is 1. The van der Waals surface area contributed by atoms with Crippen LogP contribution in [0.3, 0.4) is 0 Å². The SMILES string of the molecule is COCCCOc1cc(CN(C(=O)[C@H]2C[C@H](C(=O)NCCC(C)C)CN(C(=O)OC(C)(C)C)C2)C2CC2)cc(OC)c1. The van der Waals surface area contributed by atoms with Gasteiger partial charge in [-0.05, 0) is 70.1 Å². The minimum Gasteiger partial charge on any atom is -0.497 e. The summed E-state index contributed by atoms with van der Waals surface area (Å²) in [5, 5.41) is 3.02. The Hall–Kier alpha value is -3.01. The molecule has 1 N–H and O–H groups in total. The molecule has 42 heavy (non-hydrogen) atoms. The van der Waals surface area contributed by atoms with E-state index in [1.54, 1.807) is 14.2 Å². The van der Waals surface area contributed by atoms with Crippen LogP contribution in [0.25, 0.3) is 0 Å². The fraction of sp³-hybridized carbons (Fsp3) is 0.719. The molecule has 1 saturated heterocycles. The number of piperidine rings is 1. The van der Waals surface area contributed by atoms with Crippen molar-refractivity contribution in [3.8, 4) is 11.5 Å². The lowest BCUT2D eigenvalue weighted by molar-refractivity contribution is -0.140. The molecular weight excluding hydrogens is 538 g/mol. The van der Waals surface area contributed by atoms with Crippen molar-refractivity contribution in [3.63, 3.8) is 0 Å². The summed E-state index contributed by atoms with van der Waals surface area (Å²) in [6.45, 7) is 12.2. The van der Waals surface area contributed by atoms with E-state index >= 15 is 0 Å². The Morgan fingerprint density at radius 2 is 1.71 bits per heavy atom. The largest absolute Gasteiger partial charge is 0.497 e. The van der Waals surface area contributed by atoms with Gasteiger partial charge in [-0.2, -0.15) is 0 Å². The summed E-state index contributed by atoms with van der Waals surface area (Å²) in [7, 11) is 3.27. The lowest BCUT2D eigenvalue weighted by atomic mass is 9.87. The number of rotatable bonds is 14. The summed E-state index contributed by atoms with van der Waals surface area (Å²) < 4.78 is 22.2. The molecule has 1 heterocycles. The van der Waals surface area contributed by atoms with Crippen molar-refractivity contribution in [2.75, 3.05) is 47.1 Å². The van der Waals surface area contributed by atoms with Crippen molar-refractivity contribution in [1.29, 1.82) is 0 Å². The molecule has 1 aliphatic carbocycles. The molecule has 0 aromatic heterocycles. The second kappa shape index (κ2) is 15.5. The van der Waals surface area contributed by atoms with Gasteiger partial charge in [0.15, 0.2) is 0 Å². The Kier molecular flexibility index (Phi) is 12.3. The van der Waals surface area contributed by atoms with Crippen LogP contribution in [0, 0.1) is 17.8 Å². The van der Waals surface area contributed by atoms with E-state index in [1.165, 1.54) is 4.90 Å². The van der Waals surface area contributed by atoms with Gasteiger partial charge in [-0.3, -0.25) is 9.59 Å². The molecule has 2 fully saturated rings. The predicted octanol–water partition coefficient (Wildman–Crippen LogP) is 4.64. The van der Waals surface area contributed by atoms with Gasteiger partial charge in [-0.1, -0.05) is 13.8 Å². The van der Waals surface area contributed by atoms with E-state index in [9.17, 15) is 14.4 Å². The molecule has 10 heteroatoms. The van der Waals surface area contributed by atoms with Crippen molar-refractivity contribution in [2.24, 2.45) is 17.8 Å². The van der Waals surface area contributed by atoms with Crippen LogP contribution in [0.2, 0.25) is 0 Å². The van der Waals surface area contributed by atoms with Crippen LogP contribution < -0.4 is 14.8 Å². The lowest BCUT2D eigenvalue weighted by Gasteiger charge is -2.39. The maximum Gasteiger partial charge on any atom is 0.410 e. The van der Waals surface area contributed by atoms with E-state index < -0.39 is 23.5 Å². The number of hydrogen-bond donors (Lipinski definition) is 1. The number of nitrogens with zero attached hydrogens (tertiary/aromatic N) is 2. The molecule has 1 aliphatic heterocycles. The second-order valence-corrected chi connectivity index (χ2v) is 12.9. The monoisotopic (exact) mass is 589 g/mol.